The molecule has 0 aliphatic carbocycles. The van der Waals surface area contributed by atoms with Crippen LogP contribution in [0.3, 0.4) is 0 Å². The molecule has 0 saturated carbocycles. The van der Waals surface area contributed by atoms with Gasteiger partial charge < -0.3 is 19.8 Å². The molecule has 0 unspecified atom stereocenters. The van der Waals surface area contributed by atoms with Crippen LogP contribution in [0.15, 0.2) is 60.7 Å². The third-order valence-corrected chi connectivity index (χ3v) is 5.27. The molecule has 0 aliphatic heterocycles. The van der Waals surface area contributed by atoms with Gasteiger partial charge in [0.15, 0.2) is 11.5 Å². The number of para-hydroxylation sites is 2. The van der Waals surface area contributed by atoms with Gasteiger partial charge in [0.25, 0.3) is 5.69 Å². The van der Waals surface area contributed by atoms with E-state index in [9.17, 15) is 10.1 Å². The first-order valence-corrected chi connectivity index (χ1v) is 10.3. The van der Waals surface area contributed by atoms with Crippen LogP contribution in [0.2, 0.25) is 5.02 Å². The Morgan fingerprint density at radius 1 is 1.09 bits per heavy atom. The van der Waals surface area contributed by atoms with Crippen molar-refractivity contribution >= 4 is 28.3 Å². The number of imidazole rings is 1. The minimum absolute atomic E-state index is 0.0360. The number of ether oxygens (including phenoxy) is 2. The Morgan fingerprint density at radius 2 is 1.88 bits per heavy atom. The molecule has 1 aromatic heterocycles. The second-order valence-electron chi connectivity index (χ2n) is 7.11. The molecule has 0 saturated heterocycles. The molecule has 4 rings (SSSR count). The first kappa shape index (κ1) is 21.6. The fourth-order valence-electron chi connectivity index (χ4n) is 3.26. The molecule has 0 atom stereocenters. The van der Waals surface area contributed by atoms with Crippen LogP contribution in [-0.2, 0) is 19.7 Å². The molecule has 164 valence electrons. The van der Waals surface area contributed by atoms with Gasteiger partial charge in [0.1, 0.15) is 12.4 Å². The number of H-pyrrole nitrogens is 1. The van der Waals surface area contributed by atoms with Crippen molar-refractivity contribution in [2.45, 2.75) is 19.7 Å². The number of fused-ring (bicyclic) bond motifs is 1. The maximum absolute atomic E-state index is 10.8. The van der Waals surface area contributed by atoms with Crippen LogP contribution >= 0.6 is 11.6 Å². The molecule has 0 spiro atoms. The highest BCUT2D eigenvalue weighted by Crippen LogP contribution is 2.34. The number of non-ortho nitro benzene ring substituents is 1. The molecule has 0 amide bonds. The molecule has 4 aromatic rings. The summed E-state index contributed by atoms with van der Waals surface area (Å²) in [5, 5.41) is 14.7. The molecule has 2 N–H and O–H groups in total. The average Bonchev–Trinajstić information content (AvgIpc) is 3.22. The lowest BCUT2D eigenvalue weighted by molar-refractivity contribution is -0.384. The second kappa shape index (κ2) is 9.67. The van der Waals surface area contributed by atoms with Crippen molar-refractivity contribution in [3.8, 4) is 11.5 Å². The summed E-state index contributed by atoms with van der Waals surface area (Å²) < 4.78 is 11.3. The second-order valence-corrected chi connectivity index (χ2v) is 7.52. The van der Waals surface area contributed by atoms with Gasteiger partial charge in [-0.2, -0.15) is 0 Å². The van der Waals surface area contributed by atoms with Crippen molar-refractivity contribution in [3.63, 3.8) is 0 Å². The zero-order chi connectivity index (χ0) is 22.5. The highest BCUT2D eigenvalue weighted by molar-refractivity contribution is 6.31. The summed E-state index contributed by atoms with van der Waals surface area (Å²) in [6.45, 7) is 1.31. The van der Waals surface area contributed by atoms with E-state index in [1.807, 2.05) is 30.3 Å². The molecule has 32 heavy (non-hydrogen) atoms. The van der Waals surface area contributed by atoms with Gasteiger partial charge in [-0.05, 0) is 41.5 Å². The van der Waals surface area contributed by atoms with E-state index in [0.29, 0.717) is 29.6 Å². The van der Waals surface area contributed by atoms with Crippen molar-refractivity contribution in [2.75, 3.05) is 7.11 Å². The summed E-state index contributed by atoms with van der Waals surface area (Å²) in [5.74, 6) is 1.89. The number of nitrogens with zero attached hydrogens (tertiary/aromatic N) is 2. The van der Waals surface area contributed by atoms with Crippen LogP contribution in [0.1, 0.15) is 17.0 Å². The maximum Gasteiger partial charge on any atom is 0.269 e. The minimum Gasteiger partial charge on any atom is -0.493 e. The molecule has 3 aromatic carbocycles. The van der Waals surface area contributed by atoms with Gasteiger partial charge in [-0.3, -0.25) is 10.1 Å². The van der Waals surface area contributed by atoms with Crippen LogP contribution in [0.4, 0.5) is 5.69 Å². The van der Waals surface area contributed by atoms with Crippen molar-refractivity contribution < 1.29 is 14.4 Å². The van der Waals surface area contributed by atoms with Crippen molar-refractivity contribution in [2.24, 2.45) is 0 Å². The van der Waals surface area contributed by atoms with Crippen LogP contribution in [0, 0.1) is 10.1 Å². The molecule has 8 nitrogen and oxygen atoms in total. The van der Waals surface area contributed by atoms with E-state index in [1.54, 1.807) is 25.3 Å². The molecule has 1 heterocycles. The van der Waals surface area contributed by atoms with E-state index in [0.717, 1.165) is 28.0 Å². The Hall–Kier alpha value is -3.62. The molecule has 0 radical (unpaired) electrons. The summed E-state index contributed by atoms with van der Waals surface area (Å²) in [6.07, 6.45) is 0. The number of hydrogen-bond acceptors (Lipinski definition) is 6. The molecule has 0 bridgehead atoms. The zero-order valence-corrected chi connectivity index (χ0v) is 18.1. The third-order valence-electron chi connectivity index (χ3n) is 4.92. The SMILES string of the molecule is COc1cc(CNCc2nc3ccccc3[nH]2)c(Cl)cc1OCc1ccc([N+](=O)[O-])cc1. The fraction of sp³-hybridized carbons (Fsp3) is 0.174. The van der Waals surface area contributed by atoms with Crippen LogP contribution < -0.4 is 14.8 Å². The Morgan fingerprint density at radius 3 is 2.59 bits per heavy atom. The topological polar surface area (TPSA) is 102 Å². The van der Waals surface area contributed by atoms with Crippen LogP contribution in [0.5, 0.6) is 11.5 Å². The average molecular weight is 453 g/mol. The first-order chi connectivity index (χ1) is 15.5. The number of nitrogens with one attached hydrogen (secondary N) is 2. The van der Waals surface area contributed by atoms with E-state index < -0.39 is 4.92 Å². The Balaban J connectivity index is 1.39. The zero-order valence-electron chi connectivity index (χ0n) is 17.3. The van der Waals surface area contributed by atoms with Gasteiger partial charge in [0.05, 0.1) is 29.6 Å². The summed E-state index contributed by atoms with van der Waals surface area (Å²) in [4.78, 5) is 18.2. The summed E-state index contributed by atoms with van der Waals surface area (Å²) >= 11 is 6.47. The number of rotatable bonds is 9. The smallest absolute Gasteiger partial charge is 0.269 e. The normalized spacial score (nSPS) is 10.9. The lowest BCUT2D eigenvalue weighted by Crippen LogP contribution is -2.14. The Kier molecular flexibility index (Phi) is 6.53. The minimum atomic E-state index is -0.436. The number of aromatic amines is 1. The van der Waals surface area contributed by atoms with Crippen molar-refractivity contribution in [1.82, 2.24) is 15.3 Å². The largest absolute Gasteiger partial charge is 0.493 e. The lowest BCUT2D eigenvalue weighted by atomic mass is 10.2. The highest BCUT2D eigenvalue weighted by atomic mass is 35.5. The van der Waals surface area contributed by atoms with Gasteiger partial charge in [0.2, 0.25) is 0 Å². The number of nitro groups is 1. The molecular weight excluding hydrogens is 432 g/mol. The lowest BCUT2D eigenvalue weighted by Gasteiger charge is -2.14. The van der Waals surface area contributed by atoms with Gasteiger partial charge >= 0.3 is 0 Å². The number of aromatic nitrogens is 2. The maximum atomic E-state index is 10.8. The van der Waals surface area contributed by atoms with Crippen LogP contribution in [-0.4, -0.2) is 22.0 Å². The van der Waals surface area contributed by atoms with Crippen LogP contribution in [0.25, 0.3) is 11.0 Å². The highest BCUT2D eigenvalue weighted by Gasteiger charge is 2.12. The van der Waals surface area contributed by atoms with Gasteiger partial charge in [-0.25, -0.2) is 4.98 Å². The Bertz CT molecular complexity index is 1210. The van der Waals surface area contributed by atoms with Crippen molar-refractivity contribution in [1.29, 1.82) is 0 Å². The molecule has 0 aliphatic rings. The molecular formula is C23H21ClN4O4. The quantitative estimate of drug-likeness (QED) is 0.273. The monoisotopic (exact) mass is 452 g/mol. The number of halogens is 1. The molecule has 9 heteroatoms. The predicted octanol–water partition coefficient (Wildman–Crippen LogP) is 5.00. The van der Waals surface area contributed by atoms with Gasteiger partial charge in [0, 0.05) is 29.8 Å². The summed E-state index contributed by atoms with van der Waals surface area (Å²) in [7, 11) is 1.56. The number of nitro benzene ring substituents is 1. The molecule has 0 fully saturated rings. The Labute approximate surface area is 189 Å². The standard InChI is InChI=1S/C23H21ClN4O4/c1-31-21-10-16(12-25-13-23-26-19-4-2-3-5-20(19)27-23)18(24)11-22(21)32-14-15-6-8-17(9-7-15)28(29)30/h2-11,25H,12-14H2,1H3,(H,26,27). The number of hydrogen-bond donors (Lipinski definition) is 2. The first-order valence-electron chi connectivity index (χ1n) is 9.90. The van der Waals surface area contributed by atoms with Gasteiger partial charge in [-0.1, -0.05) is 23.7 Å². The van der Waals surface area contributed by atoms with Crippen molar-refractivity contribution in [3.05, 3.63) is 92.8 Å². The third kappa shape index (κ3) is 4.99. The van der Waals surface area contributed by atoms with E-state index in [-0.39, 0.29) is 12.3 Å². The van der Waals surface area contributed by atoms with E-state index in [2.05, 4.69) is 15.3 Å². The number of methoxy groups -OCH3 is 1. The number of benzene rings is 3. The van der Waals surface area contributed by atoms with Gasteiger partial charge in [-0.15, -0.1) is 0 Å². The summed E-state index contributed by atoms with van der Waals surface area (Å²) in [6, 6.07) is 17.6. The fourth-order valence-corrected chi connectivity index (χ4v) is 3.49. The van der Waals surface area contributed by atoms with E-state index in [1.165, 1.54) is 12.1 Å². The predicted molar refractivity (Wildman–Crippen MR) is 122 cm³/mol. The van der Waals surface area contributed by atoms with E-state index in [4.69, 9.17) is 21.1 Å². The summed E-state index contributed by atoms with van der Waals surface area (Å²) in [5.41, 5.74) is 3.62. The van der Waals surface area contributed by atoms with E-state index >= 15 is 0 Å².